The molecular weight excluding hydrogens is 329 g/mol. The molecule has 0 fully saturated rings. The van der Waals surface area contributed by atoms with Gasteiger partial charge in [-0.05, 0) is 13.0 Å². The van der Waals surface area contributed by atoms with E-state index in [9.17, 15) is 22.8 Å². The third-order valence-corrected chi connectivity index (χ3v) is 3.48. The summed E-state index contributed by atoms with van der Waals surface area (Å²) in [4.78, 5) is 26.5. The Kier molecular flexibility index (Phi) is 4.72. The normalized spacial score (nSPS) is 14.0. The van der Waals surface area contributed by atoms with Gasteiger partial charge < -0.3 is 14.5 Å². The fraction of sp³-hybridized carbons (Fsp3) is 0.333. The van der Waals surface area contributed by atoms with Crippen LogP contribution in [-0.2, 0) is 19.8 Å². The standard InChI is InChI=1S/C15H15F3N2O4/c1-3-24-13(22)20-14(12(21)23-2,15(16,17)18)10-8-19-11-7-5-4-6-9(10)11/h4-8,19H,3H2,1-2H3,(H,20,22). The summed E-state index contributed by atoms with van der Waals surface area (Å²) in [6.07, 6.45) is -5.54. The molecule has 0 aliphatic heterocycles. The molecule has 0 saturated carbocycles. The first-order valence-corrected chi connectivity index (χ1v) is 6.94. The molecule has 2 rings (SSSR count). The monoisotopic (exact) mass is 344 g/mol. The molecule has 6 nitrogen and oxygen atoms in total. The summed E-state index contributed by atoms with van der Waals surface area (Å²) >= 11 is 0. The van der Waals surface area contributed by atoms with E-state index >= 15 is 0 Å². The van der Waals surface area contributed by atoms with Crippen LogP contribution >= 0.6 is 0 Å². The van der Waals surface area contributed by atoms with Crippen LogP contribution in [0.4, 0.5) is 18.0 Å². The molecule has 0 aliphatic rings. The number of methoxy groups -OCH3 is 1. The number of aromatic amines is 1. The Labute approximate surface area is 134 Å². The topological polar surface area (TPSA) is 80.4 Å². The number of rotatable bonds is 4. The van der Waals surface area contributed by atoms with Gasteiger partial charge in [0, 0.05) is 22.7 Å². The lowest BCUT2D eigenvalue weighted by molar-refractivity contribution is -0.213. The van der Waals surface area contributed by atoms with Crippen molar-refractivity contribution < 1.29 is 32.2 Å². The number of hydrogen-bond donors (Lipinski definition) is 2. The van der Waals surface area contributed by atoms with Gasteiger partial charge in [0.25, 0.3) is 5.54 Å². The van der Waals surface area contributed by atoms with E-state index in [1.165, 1.54) is 19.1 Å². The zero-order valence-electron chi connectivity index (χ0n) is 12.9. The smallest absolute Gasteiger partial charge is 0.427 e. The zero-order chi connectivity index (χ0) is 18.0. The molecule has 1 heterocycles. The molecule has 1 unspecified atom stereocenters. The minimum Gasteiger partial charge on any atom is -0.467 e. The molecule has 0 radical (unpaired) electrons. The predicted molar refractivity (Wildman–Crippen MR) is 78.2 cm³/mol. The number of hydrogen-bond acceptors (Lipinski definition) is 4. The number of carbonyl (C=O) groups excluding carboxylic acids is 2. The Bertz CT molecular complexity index is 757. The van der Waals surface area contributed by atoms with Crippen molar-refractivity contribution in [3.05, 3.63) is 36.0 Å². The van der Waals surface area contributed by atoms with E-state index in [1.807, 2.05) is 0 Å². The van der Waals surface area contributed by atoms with E-state index in [0.29, 0.717) is 5.52 Å². The minimum absolute atomic E-state index is 0.122. The van der Waals surface area contributed by atoms with Gasteiger partial charge in [-0.25, -0.2) is 9.59 Å². The fourth-order valence-electron chi connectivity index (χ4n) is 2.42. The predicted octanol–water partition coefficient (Wildman–Crippen LogP) is 2.84. The average molecular weight is 344 g/mol. The first-order valence-electron chi connectivity index (χ1n) is 6.94. The SMILES string of the molecule is CCOC(=O)NC(C(=O)OC)(c1c[nH]c2ccccc12)C(F)(F)F. The lowest BCUT2D eigenvalue weighted by atomic mass is 9.88. The van der Waals surface area contributed by atoms with Crippen molar-refractivity contribution in [3.8, 4) is 0 Å². The Morgan fingerprint density at radius 3 is 2.50 bits per heavy atom. The number of ether oxygens (including phenoxy) is 2. The van der Waals surface area contributed by atoms with E-state index in [-0.39, 0.29) is 12.0 Å². The van der Waals surface area contributed by atoms with Gasteiger partial charge in [0.1, 0.15) is 0 Å². The lowest BCUT2D eigenvalue weighted by Gasteiger charge is -2.33. The second-order valence-corrected chi connectivity index (χ2v) is 4.83. The van der Waals surface area contributed by atoms with E-state index in [1.54, 1.807) is 17.4 Å². The maximum Gasteiger partial charge on any atom is 0.427 e. The molecule has 1 atom stereocenters. The maximum absolute atomic E-state index is 13.9. The highest BCUT2D eigenvalue weighted by Crippen LogP contribution is 2.43. The highest BCUT2D eigenvalue weighted by Gasteiger charge is 2.65. The summed E-state index contributed by atoms with van der Waals surface area (Å²) in [5, 5.41) is 1.76. The number of fused-ring (bicyclic) bond motifs is 1. The molecule has 0 bridgehead atoms. The van der Waals surface area contributed by atoms with E-state index in [0.717, 1.165) is 13.3 Å². The largest absolute Gasteiger partial charge is 0.467 e. The van der Waals surface area contributed by atoms with Crippen LogP contribution in [-0.4, -0.2) is 36.9 Å². The number of carbonyl (C=O) groups is 2. The number of esters is 1. The van der Waals surface area contributed by atoms with Gasteiger partial charge >= 0.3 is 18.2 Å². The van der Waals surface area contributed by atoms with Crippen LogP contribution in [0.1, 0.15) is 12.5 Å². The Morgan fingerprint density at radius 1 is 1.25 bits per heavy atom. The summed E-state index contributed by atoms with van der Waals surface area (Å²) in [6, 6.07) is 6.08. The Morgan fingerprint density at radius 2 is 1.92 bits per heavy atom. The van der Waals surface area contributed by atoms with Crippen LogP contribution in [0.3, 0.4) is 0 Å². The Hall–Kier alpha value is -2.71. The Balaban J connectivity index is 2.73. The number of nitrogens with one attached hydrogen (secondary N) is 2. The number of para-hydroxylation sites is 1. The molecule has 0 saturated heterocycles. The number of benzene rings is 1. The van der Waals surface area contributed by atoms with Crippen molar-refractivity contribution in [2.75, 3.05) is 13.7 Å². The molecule has 1 aromatic carbocycles. The number of alkyl halides is 3. The molecule has 1 amide bonds. The molecule has 2 N–H and O–H groups in total. The number of halogens is 3. The summed E-state index contributed by atoms with van der Waals surface area (Å²) < 4.78 is 50.6. The first kappa shape index (κ1) is 17.6. The van der Waals surface area contributed by atoms with E-state index < -0.39 is 29.3 Å². The highest BCUT2D eigenvalue weighted by atomic mass is 19.4. The second-order valence-electron chi connectivity index (χ2n) is 4.83. The van der Waals surface area contributed by atoms with Gasteiger partial charge in [-0.2, -0.15) is 13.2 Å². The minimum atomic E-state index is -5.17. The van der Waals surface area contributed by atoms with Gasteiger partial charge in [-0.15, -0.1) is 0 Å². The van der Waals surface area contributed by atoms with E-state index in [4.69, 9.17) is 0 Å². The number of amides is 1. The van der Waals surface area contributed by atoms with Crippen LogP contribution in [0.15, 0.2) is 30.5 Å². The van der Waals surface area contributed by atoms with Crippen molar-refractivity contribution in [2.24, 2.45) is 0 Å². The van der Waals surface area contributed by atoms with Gasteiger partial charge in [0.2, 0.25) is 0 Å². The highest BCUT2D eigenvalue weighted by molar-refractivity contribution is 5.95. The molecule has 0 spiro atoms. The molecule has 130 valence electrons. The molecule has 2 aromatic rings. The third kappa shape index (κ3) is 2.77. The van der Waals surface area contributed by atoms with Crippen LogP contribution < -0.4 is 5.32 Å². The maximum atomic E-state index is 13.9. The number of alkyl carbamates (subject to hydrolysis) is 1. The molecule has 1 aromatic heterocycles. The van der Waals surface area contributed by atoms with Crippen LogP contribution in [0.25, 0.3) is 10.9 Å². The van der Waals surface area contributed by atoms with Crippen molar-refractivity contribution in [1.29, 1.82) is 0 Å². The van der Waals surface area contributed by atoms with Crippen LogP contribution in [0.2, 0.25) is 0 Å². The van der Waals surface area contributed by atoms with Crippen molar-refractivity contribution in [1.82, 2.24) is 10.3 Å². The van der Waals surface area contributed by atoms with Crippen molar-refractivity contribution in [3.63, 3.8) is 0 Å². The average Bonchev–Trinajstić information content (AvgIpc) is 2.95. The zero-order valence-corrected chi connectivity index (χ0v) is 12.9. The quantitative estimate of drug-likeness (QED) is 0.836. The van der Waals surface area contributed by atoms with Gasteiger partial charge in [0.15, 0.2) is 0 Å². The second kappa shape index (κ2) is 6.42. The molecular formula is C15H15F3N2O4. The first-order chi connectivity index (χ1) is 11.3. The number of aromatic nitrogens is 1. The van der Waals surface area contributed by atoms with Crippen LogP contribution in [0.5, 0.6) is 0 Å². The van der Waals surface area contributed by atoms with Crippen LogP contribution in [0, 0.1) is 0 Å². The fourth-order valence-corrected chi connectivity index (χ4v) is 2.42. The van der Waals surface area contributed by atoms with E-state index in [2.05, 4.69) is 14.5 Å². The molecule has 24 heavy (non-hydrogen) atoms. The summed E-state index contributed by atoms with van der Waals surface area (Å²) in [5.74, 6) is -1.67. The van der Waals surface area contributed by atoms with Gasteiger partial charge in [-0.1, -0.05) is 18.2 Å². The summed E-state index contributed by atoms with van der Waals surface area (Å²) in [5.41, 5.74) is -3.51. The molecule has 0 aliphatic carbocycles. The molecule has 9 heteroatoms. The number of H-pyrrole nitrogens is 1. The third-order valence-electron chi connectivity index (χ3n) is 3.48. The van der Waals surface area contributed by atoms with Gasteiger partial charge in [0.05, 0.1) is 13.7 Å². The lowest BCUT2D eigenvalue weighted by Crippen LogP contribution is -2.61. The summed E-state index contributed by atoms with van der Waals surface area (Å²) in [7, 11) is 0.810. The summed E-state index contributed by atoms with van der Waals surface area (Å²) in [6.45, 7) is 1.27. The van der Waals surface area contributed by atoms with Gasteiger partial charge in [-0.3, -0.25) is 5.32 Å². The van der Waals surface area contributed by atoms with Crippen molar-refractivity contribution >= 4 is 23.0 Å². The van der Waals surface area contributed by atoms with Crippen molar-refractivity contribution in [2.45, 2.75) is 18.6 Å².